The summed E-state index contributed by atoms with van der Waals surface area (Å²) in [6, 6.07) is 9.54. The highest BCUT2D eigenvalue weighted by Gasteiger charge is 2.28. The minimum absolute atomic E-state index is 0.319. The number of benzene rings is 1. The highest BCUT2D eigenvalue weighted by molar-refractivity contribution is 5.76. The number of carbonyl (C=O) groups excluding carboxylic acids is 1. The van der Waals surface area contributed by atoms with Gasteiger partial charge in [-0.15, -0.1) is 0 Å². The van der Waals surface area contributed by atoms with Crippen molar-refractivity contribution in [2.75, 3.05) is 14.1 Å². The molecule has 0 aliphatic heterocycles. The molecule has 4 nitrogen and oxygen atoms in total. The van der Waals surface area contributed by atoms with E-state index in [0.717, 1.165) is 64.3 Å². The molecular weight excluding hydrogens is 358 g/mol. The lowest BCUT2D eigenvalue weighted by Gasteiger charge is -2.35. The number of amides is 1. The Balaban J connectivity index is 1.95. The van der Waals surface area contributed by atoms with E-state index >= 15 is 0 Å². The number of nitriles is 1. The van der Waals surface area contributed by atoms with Crippen molar-refractivity contribution in [2.24, 2.45) is 0 Å². The maximum Gasteiger partial charge on any atom is 0.222 e. The van der Waals surface area contributed by atoms with Gasteiger partial charge in [-0.3, -0.25) is 4.79 Å². The van der Waals surface area contributed by atoms with E-state index in [1.54, 1.807) is 0 Å². The van der Waals surface area contributed by atoms with Crippen molar-refractivity contribution >= 4 is 5.91 Å². The molecule has 1 aliphatic rings. The van der Waals surface area contributed by atoms with Gasteiger partial charge < -0.3 is 10.2 Å². The van der Waals surface area contributed by atoms with Gasteiger partial charge in [-0.25, -0.2) is 0 Å². The van der Waals surface area contributed by atoms with Crippen LogP contribution in [0.5, 0.6) is 0 Å². The van der Waals surface area contributed by atoms with E-state index in [0.29, 0.717) is 30.7 Å². The molecule has 1 aromatic rings. The Hall–Kier alpha value is -1.86. The van der Waals surface area contributed by atoms with Crippen LogP contribution in [-0.4, -0.2) is 30.9 Å². The predicted octanol–water partition coefficient (Wildman–Crippen LogP) is 5.32. The van der Waals surface area contributed by atoms with E-state index in [2.05, 4.69) is 36.5 Å². The third-order valence-corrected chi connectivity index (χ3v) is 6.40. The first-order chi connectivity index (χ1) is 14.1. The van der Waals surface area contributed by atoms with Gasteiger partial charge in [-0.05, 0) is 74.6 Å². The maximum atomic E-state index is 12.5. The molecule has 0 spiro atoms. The fraction of sp³-hybridized carbons (Fsp3) is 0.680. The van der Waals surface area contributed by atoms with Gasteiger partial charge >= 0.3 is 0 Å². The first-order valence-electron chi connectivity index (χ1n) is 11.5. The summed E-state index contributed by atoms with van der Waals surface area (Å²) in [5.74, 6) is 0.908. The molecule has 1 N–H and O–H groups in total. The minimum atomic E-state index is 0.319. The number of nitrogens with zero attached hydrogens (tertiary/aromatic N) is 2. The fourth-order valence-corrected chi connectivity index (χ4v) is 4.61. The summed E-state index contributed by atoms with van der Waals surface area (Å²) < 4.78 is 0. The Labute approximate surface area is 177 Å². The zero-order valence-corrected chi connectivity index (χ0v) is 18.7. The summed E-state index contributed by atoms with van der Waals surface area (Å²) in [6.45, 7) is 3.06. The van der Waals surface area contributed by atoms with Gasteiger partial charge in [0.15, 0.2) is 0 Å². The van der Waals surface area contributed by atoms with Crippen LogP contribution in [0.4, 0.5) is 0 Å². The summed E-state index contributed by atoms with van der Waals surface area (Å²) in [5, 5.41) is 12.1. The second-order valence-corrected chi connectivity index (χ2v) is 8.54. The largest absolute Gasteiger partial charge is 0.343 e. The Morgan fingerprint density at radius 1 is 1.21 bits per heavy atom. The molecule has 0 radical (unpaired) electrons. The number of rotatable bonds is 11. The first kappa shape index (κ1) is 23.4. The van der Waals surface area contributed by atoms with Crippen LogP contribution >= 0.6 is 0 Å². The Kier molecular flexibility index (Phi) is 10.2. The molecule has 0 aromatic heterocycles. The summed E-state index contributed by atoms with van der Waals surface area (Å²) in [6.07, 6.45) is 11.1. The van der Waals surface area contributed by atoms with Crippen molar-refractivity contribution in [2.45, 2.75) is 96.1 Å². The maximum absolute atomic E-state index is 12.5. The predicted molar refractivity (Wildman–Crippen MR) is 120 cm³/mol. The molecule has 29 heavy (non-hydrogen) atoms. The molecule has 1 aromatic carbocycles. The van der Waals surface area contributed by atoms with Gasteiger partial charge in [-0.1, -0.05) is 38.0 Å². The van der Waals surface area contributed by atoms with Crippen LogP contribution in [0.2, 0.25) is 0 Å². The van der Waals surface area contributed by atoms with Crippen LogP contribution in [0.3, 0.4) is 0 Å². The quantitative estimate of drug-likeness (QED) is 0.514. The van der Waals surface area contributed by atoms with Crippen molar-refractivity contribution in [3.05, 3.63) is 34.9 Å². The number of aryl methyl sites for hydroxylation is 1. The minimum Gasteiger partial charge on any atom is -0.343 e. The Bertz CT molecular complexity index is 671. The van der Waals surface area contributed by atoms with Crippen molar-refractivity contribution in [3.8, 4) is 6.07 Å². The van der Waals surface area contributed by atoms with Gasteiger partial charge in [0.25, 0.3) is 0 Å². The van der Waals surface area contributed by atoms with Crippen LogP contribution in [0, 0.1) is 11.3 Å². The third-order valence-electron chi connectivity index (χ3n) is 6.40. The molecule has 0 saturated heterocycles. The lowest BCUT2D eigenvalue weighted by atomic mass is 9.79. The molecule has 2 rings (SSSR count). The molecule has 1 saturated carbocycles. The van der Waals surface area contributed by atoms with Gasteiger partial charge in [0.2, 0.25) is 5.91 Å². The topological polar surface area (TPSA) is 56.1 Å². The normalized spacial score (nSPS) is 19.0. The van der Waals surface area contributed by atoms with Gasteiger partial charge in [0, 0.05) is 32.5 Å². The first-order valence-corrected chi connectivity index (χ1v) is 11.5. The number of unbranched alkanes of at least 4 members (excludes halogenated alkanes) is 3. The fourth-order valence-electron chi connectivity index (χ4n) is 4.61. The van der Waals surface area contributed by atoms with Gasteiger partial charge in [0.1, 0.15) is 0 Å². The van der Waals surface area contributed by atoms with Crippen molar-refractivity contribution in [1.82, 2.24) is 10.2 Å². The standard InChI is InChI=1S/C25H39N3O/c1-4-5-6-10-25(29)28(3)23-14-12-21(13-15-23)24-16-11-20(9-7-8-17-26)18-22(24)19-27-2/h11,16,18,21,23,27H,4-10,12-15,19H2,1-3H3/t21-,23-. The van der Waals surface area contributed by atoms with Crippen LogP contribution in [-0.2, 0) is 17.8 Å². The molecule has 0 atom stereocenters. The third kappa shape index (κ3) is 7.16. The molecule has 4 heteroatoms. The van der Waals surface area contributed by atoms with Crippen LogP contribution in [0.15, 0.2) is 18.2 Å². The molecule has 0 bridgehead atoms. The molecule has 160 valence electrons. The van der Waals surface area contributed by atoms with Crippen LogP contribution < -0.4 is 5.32 Å². The monoisotopic (exact) mass is 397 g/mol. The molecule has 0 heterocycles. The van der Waals surface area contributed by atoms with Gasteiger partial charge in [-0.2, -0.15) is 5.26 Å². The number of hydrogen-bond donors (Lipinski definition) is 1. The summed E-state index contributed by atoms with van der Waals surface area (Å²) in [4.78, 5) is 14.5. The van der Waals surface area contributed by atoms with E-state index in [-0.39, 0.29) is 0 Å². The number of hydrogen-bond acceptors (Lipinski definition) is 3. The number of nitrogens with one attached hydrogen (secondary N) is 1. The van der Waals surface area contributed by atoms with Gasteiger partial charge in [0.05, 0.1) is 6.07 Å². The SMILES string of the molecule is CCCCCC(=O)N(C)[C@H]1CC[C@H](c2ccc(CCCC#N)cc2CNC)CC1. The lowest BCUT2D eigenvalue weighted by Crippen LogP contribution is -2.39. The van der Waals surface area contributed by atoms with E-state index in [1.165, 1.54) is 16.7 Å². The number of carbonyl (C=O) groups is 1. The zero-order valence-electron chi connectivity index (χ0n) is 18.7. The Morgan fingerprint density at radius 3 is 2.62 bits per heavy atom. The average Bonchev–Trinajstić information content (AvgIpc) is 2.74. The highest BCUT2D eigenvalue weighted by atomic mass is 16.2. The molecule has 0 unspecified atom stereocenters. The molecule has 1 amide bonds. The Morgan fingerprint density at radius 2 is 1.97 bits per heavy atom. The van der Waals surface area contributed by atoms with Crippen molar-refractivity contribution in [3.63, 3.8) is 0 Å². The lowest BCUT2D eigenvalue weighted by molar-refractivity contribution is -0.132. The van der Waals surface area contributed by atoms with Crippen LogP contribution in [0.25, 0.3) is 0 Å². The highest BCUT2D eigenvalue weighted by Crippen LogP contribution is 2.36. The smallest absolute Gasteiger partial charge is 0.222 e. The van der Waals surface area contributed by atoms with E-state index in [9.17, 15) is 4.79 Å². The summed E-state index contributed by atoms with van der Waals surface area (Å²) in [5.41, 5.74) is 4.20. The van der Waals surface area contributed by atoms with Crippen molar-refractivity contribution < 1.29 is 4.79 Å². The second-order valence-electron chi connectivity index (χ2n) is 8.54. The summed E-state index contributed by atoms with van der Waals surface area (Å²) in [7, 11) is 4.00. The average molecular weight is 398 g/mol. The van der Waals surface area contributed by atoms with E-state index in [4.69, 9.17) is 5.26 Å². The van der Waals surface area contributed by atoms with E-state index in [1.807, 2.05) is 19.0 Å². The second kappa shape index (κ2) is 12.6. The summed E-state index contributed by atoms with van der Waals surface area (Å²) >= 11 is 0. The zero-order chi connectivity index (χ0) is 21.1. The molecule has 1 fully saturated rings. The van der Waals surface area contributed by atoms with E-state index < -0.39 is 0 Å². The molecular formula is C25H39N3O. The molecule has 1 aliphatic carbocycles. The van der Waals surface area contributed by atoms with Crippen LogP contribution in [0.1, 0.15) is 93.7 Å². The van der Waals surface area contributed by atoms with Crippen molar-refractivity contribution in [1.29, 1.82) is 5.26 Å².